The number of rotatable bonds is 8. The van der Waals surface area contributed by atoms with E-state index in [2.05, 4.69) is 15.0 Å². The Morgan fingerprint density at radius 2 is 1.80 bits per heavy atom. The molecule has 0 saturated carbocycles. The molecule has 0 saturated heterocycles. The molecule has 3 rings (SSSR count). The highest BCUT2D eigenvalue weighted by Crippen LogP contribution is 2.22. The Morgan fingerprint density at radius 1 is 1.03 bits per heavy atom. The number of sulfonamides is 1. The highest BCUT2D eigenvalue weighted by atomic mass is 32.2. The van der Waals surface area contributed by atoms with Crippen LogP contribution in [0, 0.1) is 13.8 Å². The molecule has 0 radical (unpaired) electrons. The summed E-state index contributed by atoms with van der Waals surface area (Å²) >= 11 is 0. The summed E-state index contributed by atoms with van der Waals surface area (Å²) < 4.78 is 33.3. The SMILES string of the molecule is Cc1ccc(C)c(NS(=O)(=O)c2ccc(OCC(=O)NCc3ccccn3)cc2)c1. The maximum atomic E-state index is 12.6. The van der Waals surface area contributed by atoms with Crippen LogP contribution >= 0.6 is 0 Å². The van der Waals surface area contributed by atoms with Crippen LogP contribution in [0.1, 0.15) is 16.8 Å². The number of amides is 1. The van der Waals surface area contributed by atoms with Gasteiger partial charge in [-0.15, -0.1) is 0 Å². The number of aryl methyl sites for hydroxylation is 2. The molecule has 1 heterocycles. The van der Waals surface area contributed by atoms with Gasteiger partial charge in [0.05, 0.1) is 22.8 Å². The number of benzene rings is 2. The minimum absolute atomic E-state index is 0.107. The van der Waals surface area contributed by atoms with E-state index in [1.807, 2.05) is 38.1 Å². The zero-order valence-electron chi connectivity index (χ0n) is 16.8. The van der Waals surface area contributed by atoms with E-state index in [-0.39, 0.29) is 17.4 Å². The lowest BCUT2D eigenvalue weighted by molar-refractivity contribution is -0.123. The zero-order chi connectivity index (χ0) is 21.6. The van der Waals surface area contributed by atoms with Crippen LogP contribution in [0.2, 0.25) is 0 Å². The standard InChI is InChI=1S/C22H23N3O4S/c1-16-6-7-17(2)21(13-16)25-30(27,28)20-10-8-19(9-11-20)29-15-22(26)24-14-18-5-3-4-12-23-18/h3-13,25H,14-15H2,1-2H3,(H,24,26). The van der Waals surface area contributed by atoms with Gasteiger partial charge in [-0.25, -0.2) is 8.42 Å². The molecular formula is C22H23N3O4S. The number of nitrogens with zero attached hydrogens (tertiary/aromatic N) is 1. The lowest BCUT2D eigenvalue weighted by Gasteiger charge is -2.12. The van der Waals surface area contributed by atoms with Gasteiger partial charge in [0.25, 0.3) is 15.9 Å². The first-order valence-electron chi connectivity index (χ1n) is 9.33. The lowest BCUT2D eigenvalue weighted by atomic mass is 10.1. The fraction of sp³-hybridized carbons (Fsp3) is 0.182. The first-order chi connectivity index (χ1) is 14.3. The molecule has 0 aliphatic heterocycles. The number of carbonyl (C=O) groups is 1. The van der Waals surface area contributed by atoms with Crippen molar-refractivity contribution < 1.29 is 17.9 Å². The van der Waals surface area contributed by atoms with Crippen molar-refractivity contribution in [1.29, 1.82) is 0 Å². The minimum atomic E-state index is -3.73. The molecule has 0 bridgehead atoms. The molecule has 156 valence electrons. The van der Waals surface area contributed by atoms with Crippen molar-refractivity contribution in [2.75, 3.05) is 11.3 Å². The molecule has 2 N–H and O–H groups in total. The van der Waals surface area contributed by atoms with Gasteiger partial charge in [0.15, 0.2) is 6.61 Å². The van der Waals surface area contributed by atoms with Crippen LogP contribution < -0.4 is 14.8 Å². The van der Waals surface area contributed by atoms with Crippen molar-refractivity contribution in [2.24, 2.45) is 0 Å². The summed E-state index contributed by atoms with van der Waals surface area (Å²) in [6.07, 6.45) is 1.66. The molecule has 0 unspecified atom stereocenters. The third-order valence-electron chi connectivity index (χ3n) is 4.33. The van der Waals surface area contributed by atoms with Gasteiger partial charge in [-0.05, 0) is 67.4 Å². The van der Waals surface area contributed by atoms with E-state index in [1.165, 1.54) is 24.3 Å². The lowest BCUT2D eigenvalue weighted by Crippen LogP contribution is -2.28. The van der Waals surface area contributed by atoms with Crippen molar-refractivity contribution in [3.8, 4) is 5.75 Å². The van der Waals surface area contributed by atoms with Crippen LogP contribution in [-0.2, 0) is 21.4 Å². The Labute approximate surface area is 176 Å². The van der Waals surface area contributed by atoms with Gasteiger partial charge >= 0.3 is 0 Å². The van der Waals surface area contributed by atoms with Crippen molar-refractivity contribution in [1.82, 2.24) is 10.3 Å². The first kappa shape index (κ1) is 21.3. The van der Waals surface area contributed by atoms with E-state index in [4.69, 9.17) is 4.74 Å². The molecule has 0 atom stereocenters. The van der Waals surface area contributed by atoms with Gasteiger partial charge in [0, 0.05) is 6.20 Å². The molecular weight excluding hydrogens is 402 g/mol. The van der Waals surface area contributed by atoms with E-state index < -0.39 is 10.0 Å². The second-order valence-corrected chi connectivity index (χ2v) is 8.46. The fourth-order valence-corrected chi connectivity index (χ4v) is 3.78. The molecule has 0 fully saturated rings. The van der Waals surface area contributed by atoms with E-state index in [1.54, 1.807) is 18.3 Å². The molecule has 8 heteroatoms. The monoisotopic (exact) mass is 425 g/mol. The van der Waals surface area contributed by atoms with Crippen LogP contribution in [0.4, 0.5) is 5.69 Å². The Kier molecular flexibility index (Phi) is 6.68. The molecule has 0 aliphatic rings. The molecule has 3 aromatic rings. The molecule has 1 aromatic heterocycles. The summed E-state index contributed by atoms with van der Waals surface area (Å²) in [5.41, 5.74) is 3.08. The predicted molar refractivity (Wildman–Crippen MR) is 115 cm³/mol. The molecule has 0 spiro atoms. The van der Waals surface area contributed by atoms with Gasteiger partial charge in [0.1, 0.15) is 5.75 Å². The van der Waals surface area contributed by atoms with Crippen molar-refractivity contribution >= 4 is 21.6 Å². The third-order valence-corrected chi connectivity index (χ3v) is 5.72. The van der Waals surface area contributed by atoms with E-state index in [0.29, 0.717) is 18.0 Å². The van der Waals surface area contributed by atoms with Gasteiger partial charge in [-0.2, -0.15) is 0 Å². The van der Waals surface area contributed by atoms with E-state index in [9.17, 15) is 13.2 Å². The number of ether oxygens (including phenoxy) is 1. The summed E-state index contributed by atoms with van der Waals surface area (Å²) in [5, 5.41) is 2.71. The second kappa shape index (κ2) is 9.41. The Bertz CT molecular complexity index is 1110. The summed E-state index contributed by atoms with van der Waals surface area (Å²) in [5.74, 6) is 0.0996. The van der Waals surface area contributed by atoms with Crippen molar-refractivity contribution in [2.45, 2.75) is 25.3 Å². The average Bonchev–Trinajstić information content (AvgIpc) is 2.74. The minimum Gasteiger partial charge on any atom is -0.484 e. The van der Waals surface area contributed by atoms with Crippen LogP contribution in [0.15, 0.2) is 71.8 Å². The van der Waals surface area contributed by atoms with Gasteiger partial charge < -0.3 is 10.1 Å². The van der Waals surface area contributed by atoms with Gasteiger partial charge in [0.2, 0.25) is 0 Å². The number of carbonyl (C=O) groups excluding carboxylic acids is 1. The van der Waals surface area contributed by atoms with Crippen LogP contribution in [0.3, 0.4) is 0 Å². The average molecular weight is 426 g/mol. The third kappa shape index (κ3) is 5.81. The van der Waals surface area contributed by atoms with Gasteiger partial charge in [-0.1, -0.05) is 18.2 Å². The summed E-state index contributed by atoms with van der Waals surface area (Å²) in [6, 6.07) is 16.9. The topological polar surface area (TPSA) is 97.4 Å². The maximum Gasteiger partial charge on any atom is 0.261 e. The molecule has 0 aliphatic carbocycles. The largest absolute Gasteiger partial charge is 0.484 e. The van der Waals surface area contributed by atoms with Crippen LogP contribution in [0.5, 0.6) is 5.75 Å². The molecule has 1 amide bonds. The normalized spacial score (nSPS) is 11.0. The van der Waals surface area contributed by atoms with E-state index >= 15 is 0 Å². The molecule has 7 nitrogen and oxygen atoms in total. The zero-order valence-corrected chi connectivity index (χ0v) is 17.6. The predicted octanol–water partition coefficient (Wildman–Crippen LogP) is 3.19. The number of pyridine rings is 1. The van der Waals surface area contributed by atoms with Crippen LogP contribution in [0.25, 0.3) is 0 Å². The highest BCUT2D eigenvalue weighted by molar-refractivity contribution is 7.92. The Hall–Kier alpha value is -3.39. The van der Waals surface area contributed by atoms with Crippen molar-refractivity contribution in [3.63, 3.8) is 0 Å². The Balaban J connectivity index is 1.56. The second-order valence-electron chi connectivity index (χ2n) is 6.78. The maximum absolute atomic E-state index is 12.6. The quantitative estimate of drug-likeness (QED) is 0.578. The number of aromatic nitrogens is 1. The van der Waals surface area contributed by atoms with E-state index in [0.717, 1.165) is 16.8 Å². The first-order valence-corrected chi connectivity index (χ1v) is 10.8. The number of hydrogen-bond donors (Lipinski definition) is 2. The number of hydrogen-bond acceptors (Lipinski definition) is 5. The molecule has 30 heavy (non-hydrogen) atoms. The fourth-order valence-electron chi connectivity index (χ4n) is 2.66. The summed E-state index contributed by atoms with van der Waals surface area (Å²) in [4.78, 5) is 16.1. The smallest absolute Gasteiger partial charge is 0.261 e. The van der Waals surface area contributed by atoms with Crippen molar-refractivity contribution in [3.05, 3.63) is 83.7 Å². The molecule has 2 aromatic carbocycles. The number of nitrogens with one attached hydrogen (secondary N) is 2. The highest BCUT2D eigenvalue weighted by Gasteiger charge is 2.15. The van der Waals surface area contributed by atoms with Gasteiger partial charge in [-0.3, -0.25) is 14.5 Å². The Morgan fingerprint density at radius 3 is 2.50 bits per heavy atom. The summed E-state index contributed by atoms with van der Waals surface area (Å²) in [6.45, 7) is 3.87. The number of anilines is 1. The van der Waals surface area contributed by atoms with Crippen LogP contribution in [-0.4, -0.2) is 25.9 Å². The summed E-state index contributed by atoms with van der Waals surface area (Å²) in [7, 11) is -3.73.